The van der Waals surface area contributed by atoms with Crippen LogP contribution in [0.25, 0.3) is 97.0 Å². The molecule has 0 aliphatic rings. The van der Waals surface area contributed by atoms with Gasteiger partial charge in [0.25, 0.3) is 0 Å². The van der Waals surface area contributed by atoms with Gasteiger partial charge in [0.05, 0.1) is 10.2 Å². The van der Waals surface area contributed by atoms with Crippen LogP contribution in [0.3, 0.4) is 0 Å². The van der Waals surface area contributed by atoms with Crippen molar-refractivity contribution in [1.29, 1.82) is 0 Å². The molecule has 0 fully saturated rings. The van der Waals surface area contributed by atoms with E-state index in [1.165, 1.54) is 36.0 Å². The van der Waals surface area contributed by atoms with Crippen molar-refractivity contribution >= 4 is 63.8 Å². The first-order chi connectivity index (χ1) is 24.7. The van der Waals surface area contributed by atoms with Gasteiger partial charge in [-0.25, -0.2) is 19.9 Å². The number of aromatic nitrogens is 4. The summed E-state index contributed by atoms with van der Waals surface area (Å²) in [6, 6.07) is 55.1. The lowest BCUT2D eigenvalue weighted by Gasteiger charge is -2.10. The number of thiazole rings is 1. The van der Waals surface area contributed by atoms with Crippen molar-refractivity contribution in [2.75, 3.05) is 0 Å². The predicted molar refractivity (Wildman–Crippen MR) is 211 cm³/mol. The van der Waals surface area contributed by atoms with Crippen molar-refractivity contribution < 1.29 is 0 Å². The van der Waals surface area contributed by atoms with Crippen molar-refractivity contribution in [3.05, 3.63) is 158 Å². The standard InChI is InChI=1S/C44H26N4S2/c1-4-11-27(12-5-1)30-19-20-32-24-33(22-21-31(32)23-30)42-46-41(28-13-6-2-7-14-28)47-43(48-42)34-17-10-18-37-40(34)35-25-39-36(26-38(35)49-37)45-44(50-39)29-15-8-3-9-16-29/h1-26H. The first-order valence-corrected chi connectivity index (χ1v) is 18.1. The van der Waals surface area contributed by atoms with Crippen LogP contribution in [-0.2, 0) is 0 Å². The van der Waals surface area contributed by atoms with E-state index < -0.39 is 0 Å². The molecule has 50 heavy (non-hydrogen) atoms. The molecule has 0 spiro atoms. The number of benzene rings is 7. The summed E-state index contributed by atoms with van der Waals surface area (Å²) in [7, 11) is 0. The summed E-state index contributed by atoms with van der Waals surface area (Å²) < 4.78 is 3.56. The maximum Gasteiger partial charge on any atom is 0.164 e. The van der Waals surface area contributed by atoms with E-state index in [9.17, 15) is 0 Å². The molecular weight excluding hydrogens is 649 g/mol. The summed E-state index contributed by atoms with van der Waals surface area (Å²) in [4.78, 5) is 20.4. The Hall–Kier alpha value is -6.08. The van der Waals surface area contributed by atoms with Gasteiger partial charge < -0.3 is 0 Å². The Morgan fingerprint density at radius 1 is 0.360 bits per heavy atom. The number of nitrogens with zero attached hydrogens (tertiary/aromatic N) is 4. The van der Waals surface area contributed by atoms with E-state index in [1.54, 1.807) is 22.7 Å². The lowest BCUT2D eigenvalue weighted by atomic mass is 10.00. The number of fused-ring (bicyclic) bond motifs is 5. The van der Waals surface area contributed by atoms with Crippen molar-refractivity contribution in [2.24, 2.45) is 0 Å². The Kier molecular flexibility index (Phi) is 6.82. The quantitative estimate of drug-likeness (QED) is 0.182. The molecule has 0 amide bonds. The smallest absolute Gasteiger partial charge is 0.164 e. The van der Waals surface area contributed by atoms with Crippen LogP contribution in [0.15, 0.2) is 158 Å². The molecule has 0 unspecified atom stereocenters. The Labute approximate surface area is 296 Å². The molecule has 0 bridgehead atoms. The maximum absolute atomic E-state index is 5.19. The zero-order chi connectivity index (χ0) is 33.0. The van der Waals surface area contributed by atoms with Crippen LogP contribution < -0.4 is 0 Å². The third-order valence-electron chi connectivity index (χ3n) is 9.14. The number of thiophene rings is 1. The third-order valence-corrected chi connectivity index (χ3v) is 11.3. The van der Waals surface area contributed by atoms with Gasteiger partial charge in [0.2, 0.25) is 0 Å². The van der Waals surface area contributed by atoms with E-state index in [0.717, 1.165) is 43.6 Å². The second-order valence-corrected chi connectivity index (χ2v) is 14.4. The minimum absolute atomic E-state index is 0.650. The summed E-state index contributed by atoms with van der Waals surface area (Å²) in [5.74, 6) is 1.96. The first kappa shape index (κ1) is 28.9. The van der Waals surface area contributed by atoms with Gasteiger partial charge in [0, 0.05) is 42.4 Å². The SMILES string of the molecule is c1ccc(-c2ccc3cc(-c4nc(-c5ccccc5)nc(-c5cccc6sc7cc8nc(-c9ccccc9)sc8cc7c56)n4)ccc3c2)cc1. The lowest BCUT2D eigenvalue weighted by molar-refractivity contribution is 1.08. The Morgan fingerprint density at radius 3 is 1.72 bits per heavy atom. The fraction of sp³-hybridized carbons (Fsp3) is 0. The molecule has 0 atom stereocenters. The predicted octanol–water partition coefficient (Wildman–Crippen LogP) is 12.3. The van der Waals surface area contributed by atoms with Crippen molar-refractivity contribution in [1.82, 2.24) is 19.9 Å². The molecule has 0 N–H and O–H groups in total. The number of hydrogen-bond donors (Lipinski definition) is 0. The van der Waals surface area contributed by atoms with Crippen LogP contribution in [-0.4, -0.2) is 19.9 Å². The molecule has 4 nitrogen and oxygen atoms in total. The van der Waals surface area contributed by atoms with Gasteiger partial charge in [-0.05, 0) is 52.2 Å². The van der Waals surface area contributed by atoms with Crippen LogP contribution in [0.2, 0.25) is 0 Å². The molecular formula is C44H26N4S2. The summed E-state index contributed by atoms with van der Waals surface area (Å²) in [5, 5.41) is 5.70. The molecule has 0 radical (unpaired) electrons. The summed E-state index contributed by atoms with van der Waals surface area (Å²) in [5.41, 5.74) is 7.46. The molecule has 234 valence electrons. The van der Waals surface area contributed by atoms with Gasteiger partial charge in [-0.3, -0.25) is 0 Å². The Bertz CT molecular complexity index is 2860. The summed E-state index contributed by atoms with van der Waals surface area (Å²) in [6.45, 7) is 0. The highest BCUT2D eigenvalue weighted by atomic mass is 32.1. The van der Waals surface area contributed by atoms with E-state index in [0.29, 0.717) is 17.5 Å². The maximum atomic E-state index is 5.19. The normalized spacial score (nSPS) is 11.6. The van der Waals surface area contributed by atoms with Gasteiger partial charge in [0.1, 0.15) is 5.01 Å². The van der Waals surface area contributed by atoms with Gasteiger partial charge in [-0.15, -0.1) is 22.7 Å². The fourth-order valence-corrected chi connectivity index (χ4v) is 8.81. The average Bonchev–Trinajstić information content (AvgIpc) is 3.78. The minimum atomic E-state index is 0.650. The van der Waals surface area contributed by atoms with Crippen LogP contribution in [0, 0.1) is 0 Å². The van der Waals surface area contributed by atoms with E-state index in [1.807, 2.05) is 30.3 Å². The number of hydrogen-bond acceptors (Lipinski definition) is 6. The van der Waals surface area contributed by atoms with Crippen LogP contribution >= 0.6 is 22.7 Å². The average molecular weight is 675 g/mol. The summed E-state index contributed by atoms with van der Waals surface area (Å²) in [6.07, 6.45) is 0. The van der Waals surface area contributed by atoms with Crippen LogP contribution in [0.4, 0.5) is 0 Å². The second-order valence-electron chi connectivity index (χ2n) is 12.3. The second kappa shape index (κ2) is 11.8. The van der Waals surface area contributed by atoms with E-state index >= 15 is 0 Å². The Morgan fingerprint density at radius 2 is 0.980 bits per heavy atom. The summed E-state index contributed by atoms with van der Waals surface area (Å²) >= 11 is 3.52. The molecule has 3 aromatic heterocycles. The van der Waals surface area contributed by atoms with Crippen LogP contribution in [0.1, 0.15) is 0 Å². The molecule has 3 heterocycles. The molecule has 0 saturated heterocycles. The molecule has 10 aromatic rings. The fourth-order valence-electron chi connectivity index (χ4n) is 6.67. The van der Waals surface area contributed by atoms with E-state index in [-0.39, 0.29) is 0 Å². The van der Waals surface area contributed by atoms with Gasteiger partial charge >= 0.3 is 0 Å². The molecule has 6 heteroatoms. The van der Waals surface area contributed by atoms with Gasteiger partial charge in [-0.1, -0.05) is 127 Å². The highest BCUT2D eigenvalue weighted by Gasteiger charge is 2.18. The van der Waals surface area contributed by atoms with Gasteiger partial charge in [-0.2, -0.15) is 0 Å². The molecule has 10 rings (SSSR count). The zero-order valence-corrected chi connectivity index (χ0v) is 28.2. The van der Waals surface area contributed by atoms with Crippen molar-refractivity contribution in [2.45, 2.75) is 0 Å². The largest absolute Gasteiger partial charge is 0.236 e. The zero-order valence-electron chi connectivity index (χ0n) is 26.6. The lowest BCUT2D eigenvalue weighted by Crippen LogP contribution is -2.00. The monoisotopic (exact) mass is 674 g/mol. The van der Waals surface area contributed by atoms with Crippen molar-refractivity contribution in [3.8, 4) is 55.9 Å². The van der Waals surface area contributed by atoms with E-state index in [4.69, 9.17) is 19.9 Å². The van der Waals surface area contributed by atoms with E-state index in [2.05, 4.69) is 127 Å². The third kappa shape index (κ3) is 5.05. The molecule has 0 aliphatic carbocycles. The topological polar surface area (TPSA) is 51.6 Å². The highest BCUT2D eigenvalue weighted by Crippen LogP contribution is 2.43. The molecule has 0 saturated carbocycles. The highest BCUT2D eigenvalue weighted by molar-refractivity contribution is 7.26. The minimum Gasteiger partial charge on any atom is -0.236 e. The van der Waals surface area contributed by atoms with Gasteiger partial charge in [0.15, 0.2) is 17.5 Å². The number of rotatable bonds is 5. The first-order valence-electron chi connectivity index (χ1n) is 16.5. The van der Waals surface area contributed by atoms with Crippen LogP contribution in [0.5, 0.6) is 0 Å². The molecule has 7 aromatic carbocycles. The molecule has 0 aliphatic heterocycles. The van der Waals surface area contributed by atoms with Crippen molar-refractivity contribution in [3.63, 3.8) is 0 Å². The Balaban J connectivity index is 1.14.